The van der Waals surface area contributed by atoms with E-state index >= 15 is 0 Å². The normalized spacial score (nSPS) is 16.1. The van der Waals surface area contributed by atoms with Crippen LogP contribution in [0.3, 0.4) is 0 Å². The molecule has 0 atom stereocenters. The molecule has 0 saturated carbocycles. The number of nitrogens with zero attached hydrogens (tertiary/aromatic N) is 1. The van der Waals surface area contributed by atoms with Gasteiger partial charge in [0.25, 0.3) is 11.8 Å². The van der Waals surface area contributed by atoms with Crippen LogP contribution in [0.4, 0.5) is 5.69 Å². The molecule has 6 heteroatoms. The molecule has 0 aliphatic carbocycles. The molecule has 0 aromatic heterocycles. The van der Waals surface area contributed by atoms with Crippen LogP contribution in [0, 0.1) is 6.92 Å². The number of hydrogen-bond acceptors (Lipinski definition) is 2. The third-order valence-electron chi connectivity index (χ3n) is 2.37. The molecule has 17 heavy (non-hydrogen) atoms. The lowest BCUT2D eigenvalue weighted by Crippen LogP contribution is -2.30. The Morgan fingerprint density at radius 2 is 1.53 bits per heavy atom. The van der Waals surface area contributed by atoms with Gasteiger partial charge in [0, 0.05) is 5.02 Å². The summed E-state index contributed by atoms with van der Waals surface area (Å²) in [5, 5.41) is 0.0338. The second-order valence-electron chi connectivity index (χ2n) is 3.51. The highest BCUT2D eigenvalue weighted by Crippen LogP contribution is 2.32. The van der Waals surface area contributed by atoms with Gasteiger partial charge in [0.2, 0.25) is 0 Å². The topological polar surface area (TPSA) is 37.4 Å². The van der Waals surface area contributed by atoms with Gasteiger partial charge in [-0.2, -0.15) is 0 Å². The van der Waals surface area contributed by atoms with Crippen LogP contribution < -0.4 is 4.90 Å². The molecule has 0 spiro atoms. The van der Waals surface area contributed by atoms with Gasteiger partial charge in [0.05, 0.1) is 5.69 Å². The number of carbonyl (C=O) groups is 2. The molecular formula is C11H6Cl3NO2. The van der Waals surface area contributed by atoms with Gasteiger partial charge < -0.3 is 0 Å². The summed E-state index contributed by atoms with van der Waals surface area (Å²) in [6.07, 6.45) is 0. The largest absolute Gasteiger partial charge is 0.278 e. The smallest absolute Gasteiger partial charge is 0.267 e. The Kier molecular flexibility index (Phi) is 3.17. The van der Waals surface area contributed by atoms with E-state index in [-0.39, 0.29) is 10.1 Å². The first-order chi connectivity index (χ1) is 7.93. The Morgan fingerprint density at radius 3 is 2.00 bits per heavy atom. The average Bonchev–Trinajstić information content (AvgIpc) is 2.48. The summed E-state index contributed by atoms with van der Waals surface area (Å²) >= 11 is 17.1. The van der Waals surface area contributed by atoms with E-state index in [1.807, 2.05) is 0 Å². The fourth-order valence-corrected chi connectivity index (χ4v) is 1.93. The lowest BCUT2D eigenvalue weighted by atomic mass is 10.2. The molecule has 1 heterocycles. The third-order valence-corrected chi connectivity index (χ3v) is 3.60. The summed E-state index contributed by atoms with van der Waals surface area (Å²) < 4.78 is 0. The quantitative estimate of drug-likeness (QED) is 0.745. The first-order valence-corrected chi connectivity index (χ1v) is 5.77. The van der Waals surface area contributed by atoms with Gasteiger partial charge in [0.15, 0.2) is 0 Å². The van der Waals surface area contributed by atoms with Gasteiger partial charge in [-0.15, -0.1) is 0 Å². The van der Waals surface area contributed by atoms with Crippen LogP contribution in [0.15, 0.2) is 28.3 Å². The standard InChI is InChI=1S/C11H6Cl3NO2/c1-5-4-6(2-3-7(5)12)15-10(16)8(13)9(14)11(15)17/h2-4H,1H3. The molecule has 3 nitrogen and oxygen atoms in total. The highest BCUT2D eigenvalue weighted by Gasteiger charge is 2.37. The molecule has 1 aliphatic heterocycles. The first kappa shape index (κ1) is 12.4. The number of benzene rings is 1. The summed E-state index contributed by atoms with van der Waals surface area (Å²) in [6, 6.07) is 4.79. The van der Waals surface area contributed by atoms with E-state index in [2.05, 4.69) is 0 Å². The number of amides is 2. The van der Waals surface area contributed by atoms with Crippen molar-refractivity contribution in [1.82, 2.24) is 0 Å². The van der Waals surface area contributed by atoms with Crippen LogP contribution in [-0.2, 0) is 9.59 Å². The SMILES string of the molecule is Cc1cc(N2C(=O)C(Cl)=C(Cl)C2=O)ccc1Cl. The van der Waals surface area contributed by atoms with Gasteiger partial charge in [-0.05, 0) is 30.7 Å². The van der Waals surface area contributed by atoms with Gasteiger partial charge >= 0.3 is 0 Å². The number of aryl methyl sites for hydroxylation is 1. The van der Waals surface area contributed by atoms with Gasteiger partial charge in [-0.3, -0.25) is 9.59 Å². The van der Waals surface area contributed by atoms with Crippen LogP contribution in [0.25, 0.3) is 0 Å². The fraction of sp³-hybridized carbons (Fsp3) is 0.0909. The number of imide groups is 1. The summed E-state index contributed by atoms with van der Waals surface area (Å²) in [7, 11) is 0. The monoisotopic (exact) mass is 289 g/mol. The summed E-state index contributed by atoms with van der Waals surface area (Å²) in [4.78, 5) is 24.4. The van der Waals surface area contributed by atoms with Crippen molar-refractivity contribution in [2.45, 2.75) is 6.92 Å². The van der Waals surface area contributed by atoms with Gasteiger partial charge in [-0.25, -0.2) is 4.90 Å². The van der Waals surface area contributed by atoms with Crippen molar-refractivity contribution in [3.63, 3.8) is 0 Å². The minimum atomic E-state index is -0.622. The average molecular weight is 291 g/mol. The van der Waals surface area contributed by atoms with Crippen molar-refractivity contribution < 1.29 is 9.59 Å². The lowest BCUT2D eigenvalue weighted by Gasteiger charge is -2.15. The number of anilines is 1. The zero-order valence-electron chi connectivity index (χ0n) is 8.63. The fourth-order valence-electron chi connectivity index (χ4n) is 1.48. The molecule has 2 rings (SSSR count). The van der Waals surface area contributed by atoms with E-state index in [0.717, 1.165) is 10.5 Å². The Balaban J connectivity index is 2.47. The number of carbonyl (C=O) groups excluding carboxylic acids is 2. The Bertz CT molecular complexity index is 542. The zero-order chi connectivity index (χ0) is 12.7. The van der Waals surface area contributed by atoms with Crippen LogP contribution in [0.2, 0.25) is 5.02 Å². The van der Waals surface area contributed by atoms with Gasteiger partial charge in [-0.1, -0.05) is 34.8 Å². The van der Waals surface area contributed by atoms with Crippen molar-refractivity contribution >= 4 is 52.3 Å². The molecule has 0 radical (unpaired) electrons. The summed E-state index contributed by atoms with van der Waals surface area (Å²) in [5.74, 6) is -1.24. The van der Waals surface area contributed by atoms with Crippen LogP contribution in [-0.4, -0.2) is 11.8 Å². The first-order valence-electron chi connectivity index (χ1n) is 4.63. The van der Waals surface area contributed by atoms with E-state index in [1.165, 1.54) is 0 Å². The van der Waals surface area contributed by atoms with E-state index in [1.54, 1.807) is 25.1 Å². The highest BCUT2D eigenvalue weighted by molar-refractivity contribution is 6.62. The van der Waals surface area contributed by atoms with E-state index < -0.39 is 11.8 Å². The molecule has 0 bridgehead atoms. The molecule has 0 N–H and O–H groups in total. The van der Waals surface area contributed by atoms with E-state index in [0.29, 0.717) is 10.7 Å². The zero-order valence-corrected chi connectivity index (χ0v) is 10.9. The summed E-state index contributed by atoms with van der Waals surface area (Å²) in [6.45, 7) is 1.77. The van der Waals surface area contributed by atoms with Crippen LogP contribution in [0.5, 0.6) is 0 Å². The molecule has 0 unspecified atom stereocenters. The third kappa shape index (κ3) is 1.95. The predicted molar refractivity (Wildman–Crippen MR) is 67.4 cm³/mol. The minimum absolute atomic E-state index is 0.260. The molecule has 1 aromatic rings. The number of hydrogen-bond donors (Lipinski definition) is 0. The van der Waals surface area contributed by atoms with Crippen LogP contribution in [0.1, 0.15) is 5.56 Å². The maximum Gasteiger partial charge on any atom is 0.278 e. The Morgan fingerprint density at radius 1 is 1.00 bits per heavy atom. The van der Waals surface area contributed by atoms with E-state index in [9.17, 15) is 9.59 Å². The predicted octanol–water partition coefficient (Wildman–Crippen LogP) is 3.21. The van der Waals surface area contributed by atoms with Gasteiger partial charge in [0.1, 0.15) is 10.1 Å². The van der Waals surface area contributed by atoms with Crippen LogP contribution >= 0.6 is 34.8 Å². The van der Waals surface area contributed by atoms with Crippen molar-refractivity contribution in [2.24, 2.45) is 0 Å². The maximum absolute atomic E-state index is 11.7. The maximum atomic E-state index is 11.7. The Hall–Kier alpha value is -1.03. The second kappa shape index (κ2) is 4.33. The number of rotatable bonds is 1. The van der Waals surface area contributed by atoms with Crippen molar-refractivity contribution in [3.8, 4) is 0 Å². The molecule has 0 saturated heterocycles. The molecule has 0 fully saturated rings. The molecule has 1 aromatic carbocycles. The van der Waals surface area contributed by atoms with Crippen molar-refractivity contribution in [3.05, 3.63) is 38.8 Å². The second-order valence-corrected chi connectivity index (χ2v) is 4.67. The molecular weight excluding hydrogens is 284 g/mol. The highest BCUT2D eigenvalue weighted by atomic mass is 35.5. The summed E-state index contributed by atoms with van der Waals surface area (Å²) in [5.41, 5.74) is 1.15. The van der Waals surface area contributed by atoms with E-state index in [4.69, 9.17) is 34.8 Å². The van der Waals surface area contributed by atoms with Crippen molar-refractivity contribution in [2.75, 3.05) is 4.90 Å². The minimum Gasteiger partial charge on any atom is -0.267 e. The Labute approximate surface area is 113 Å². The number of halogens is 3. The molecule has 88 valence electrons. The van der Waals surface area contributed by atoms with Crippen molar-refractivity contribution in [1.29, 1.82) is 0 Å². The molecule has 2 amide bonds. The lowest BCUT2D eigenvalue weighted by molar-refractivity contribution is -0.120. The molecule has 1 aliphatic rings.